The van der Waals surface area contributed by atoms with Crippen LogP contribution in [-0.2, 0) is 4.79 Å². The van der Waals surface area contributed by atoms with Gasteiger partial charge in [0.2, 0.25) is 5.95 Å². The summed E-state index contributed by atoms with van der Waals surface area (Å²) >= 11 is 0. The number of aromatic nitrogens is 4. The fourth-order valence-electron chi connectivity index (χ4n) is 4.12. The number of para-hydroxylation sites is 1. The van der Waals surface area contributed by atoms with Gasteiger partial charge >= 0.3 is 0 Å². The molecule has 0 aliphatic carbocycles. The number of carbonyl (C=O) groups is 1. The smallest absolute Gasteiger partial charge is 0.255 e. The maximum atomic E-state index is 13.5. The first kappa shape index (κ1) is 22.1. The summed E-state index contributed by atoms with van der Waals surface area (Å²) in [6, 6.07) is 18.2. The molecule has 3 heterocycles. The number of methoxy groups -OCH3 is 2. The minimum absolute atomic E-state index is 0.260. The Bertz CT molecular complexity index is 1400. The first-order valence-corrected chi connectivity index (χ1v) is 11.0. The van der Waals surface area contributed by atoms with Crippen LogP contribution in [0, 0.1) is 0 Å². The highest BCUT2D eigenvalue weighted by atomic mass is 16.5. The maximum Gasteiger partial charge on any atom is 0.255 e. The zero-order valence-corrected chi connectivity index (χ0v) is 19.5. The molecule has 1 atom stereocenters. The summed E-state index contributed by atoms with van der Waals surface area (Å²) in [5.41, 5.74) is 3.42. The molecule has 0 spiro atoms. The average Bonchev–Trinajstić information content (AvgIpc) is 3.31. The van der Waals surface area contributed by atoms with Crippen LogP contribution in [0.15, 0.2) is 84.3 Å². The molecular formula is C26H24N6O3. The van der Waals surface area contributed by atoms with Gasteiger partial charge in [-0.3, -0.25) is 9.78 Å². The second kappa shape index (κ2) is 9.30. The van der Waals surface area contributed by atoms with Gasteiger partial charge < -0.3 is 20.1 Å². The zero-order valence-electron chi connectivity index (χ0n) is 19.5. The van der Waals surface area contributed by atoms with Crippen LogP contribution in [0.4, 0.5) is 11.6 Å². The van der Waals surface area contributed by atoms with Gasteiger partial charge in [-0.1, -0.05) is 24.3 Å². The van der Waals surface area contributed by atoms with E-state index in [0.717, 1.165) is 16.9 Å². The Morgan fingerprint density at radius 3 is 2.54 bits per heavy atom. The van der Waals surface area contributed by atoms with Crippen molar-refractivity contribution in [3.63, 3.8) is 0 Å². The van der Waals surface area contributed by atoms with Gasteiger partial charge in [0.05, 0.1) is 37.2 Å². The quantitative estimate of drug-likeness (QED) is 0.435. The van der Waals surface area contributed by atoms with E-state index in [-0.39, 0.29) is 5.91 Å². The number of carbonyl (C=O) groups excluding carboxylic acids is 1. The minimum Gasteiger partial charge on any atom is -0.497 e. The number of pyridine rings is 1. The largest absolute Gasteiger partial charge is 0.497 e. The third-order valence-electron chi connectivity index (χ3n) is 5.80. The lowest BCUT2D eigenvalue weighted by Crippen LogP contribution is -2.31. The number of hydrogen-bond donors (Lipinski definition) is 2. The van der Waals surface area contributed by atoms with Gasteiger partial charge in [0.1, 0.15) is 17.5 Å². The molecule has 35 heavy (non-hydrogen) atoms. The predicted molar refractivity (Wildman–Crippen MR) is 132 cm³/mol. The molecule has 0 radical (unpaired) electrons. The van der Waals surface area contributed by atoms with Crippen molar-refractivity contribution in [2.75, 3.05) is 24.9 Å². The number of hydrogen-bond acceptors (Lipinski definition) is 7. The molecule has 2 aromatic heterocycles. The first-order valence-electron chi connectivity index (χ1n) is 11.0. The van der Waals surface area contributed by atoms with Gasteiger partial charge in [0, 0.05) is 11.9 Å². The molecule has 176 valence electrons. The minimum atomic E-state index is -0.523. The lowest BCUT2D eigenvalue weighted by molar-refractivity contribution is -0.113. The third-order valence-corrected chi connectivity index (χ3v) is 5.80. The van der Waals surface area contributed by atoms with Crippen LogP contribution in [0.3, 0.4) is 0 Å². The fourth-order valence-corrected chi connectivity index (χ4v) is 4.12. The molecule has 5 rings (SSSR count). The molecule has 0 saturated heterocycles. The highest BCUT2D eigenvalue weighted by Gasteiger charge is 2.34. The van der Waals surface area contributed by atoms with Gasteiger partial charge in [0.25, 0.3) is 5.91 Å². The van der Waals surface area contributed by atoms with Crippen LogP contribution in [0.5, 0.6) is 11.5 Å². The summed E-state index contributed by atoms with van der Waals surface area (Å²) in [7, 11) is 3.23. The van der Waals surface area contributed by atoms with E-state index >= 15 is 0 Å². The molecule has 1 aliphatic heterocycles. The fraction of sp³-hybridized carbons (Fsp3) is 0.154. The lowest BCUT2D eigenvalue weighted by atomic mass is 9.95. The monoisotopic (exact) mass is 468 g/mol. The second-order valence-corrected chi connectivity index (χ2v) is 7.94. The number of rotatable bonds is 6. The highest BCUT2D eigenvalue weighted by molar-refractivity contribution is 6.06. The van der Waals surface area contributed by atoms with Crippen LogP contribution < -0.4 is 20.1 Å². The van der Waals surface area contributed by atoms with E-state index in [1.165, 1.54) is 0 Å². The molecule has 2 aromatic carbocycles. The Kier molecular flexibility index (Phi) is 5.88. The van der Waals surface area contributed by atoms with Crippen LogP contribution in [0.2, 0.25) is 0 Å². The van der Waals surface area contributed by atoms with Crippen molar-refractivity contribution in [2.24, 2.45) is 0 Å². The molecule has 2 N–H and O–H groups in total. The second-order valence-electron chi connectivity index (χ2n) is 7.94. The summed E-state index contributed by atoms with van der Waals surface area (Å²) < 4.78 is 12.6. The third kappa shape index (κ3) is 4.19. The Labute approximate surface area is 202 Å². The molecule has 9 nitrogen and oxygen atoms in total. The molecule has 0 unspecified atom stereocenters. The van der Waals surface area contributed by atoms with Crippen molar-refractivity contribution in [1.82, 2.24) is 19.7 Å². The first-order chi connectivity index (χ1) is 17.1. The Morgan fingerprint density at radius 1 is 1.03 bits per heavy atom. The van der Waals surface area contributed by atoms with Crippen LogP contribution in [0.25, 0.3) is 11.4 Å². The molecule has 1 aliphatic rings. The summed E-state index contributed by atoms with van der Waals surface area (Å²) in [6.07, 6.45) is 3.26. The normalized spacial score (nSPS) is 14.7. The average molecular weight is 469 g/mol. The molecule has 0 fully saturated rings. The van der Waals surface area contributed by atoms with Crippen molar-refractivity contribution in [3.05, 3.63) is 89.9 Å². The summed E-state index contributed by atoms with van der Waals surface area (Å²) in [5.74, 6) is 2.14. The number of benzene rings is 2. The van der Waals surface area contributed by atoms with Gasteiger partial charge in [-0.05, 0) is 48.9 Å². The molecule has 4 aromatic rings. The van der Waals surface area contributed by atoms with Crippen LogP contribution >= 0.6 is 0 Å². The van der Waals surface area contributed by atoms with E-state index in [1.807, 2.05) is 55.5 Å². The predicted octanol–water partition coefficient (Wildman–Crippen LogP) is 4.28. The number of ether oxygens (including phenoxy) is 2. The van der Waals surface area contributed by atoms with E-state index in [9.17, 15) is 4.79 Å². The number of fused-ring (bicyclic) bond motifs is 1. The summed E-state index contributed by atoms with van der Waals surface area (Å²) in [4.78, 5) is 22.3. The number of anilines is 2. The molecule has 0 saturated carbocycles. The van der Waals surface area contributed by atoms with Crippen molar-refractivity contribution in [1.29, 1.82) is 0 Å². The summed E-state index contributed by atoms with van der Waals surface area (Å²) in [5, 5.41) is 11.0. The lowest BCUT2D eigenvalue weighted by Gasteiger charge is -2.28. The number of nitrogens with one attached hydrogen (secondary N) is 2. The van der Waals surface area contributed by atoms with E-state index in [4.69, 9.17) is 19.6 Å². The Morgan fingerprint density at radius 2 is 1.83 bits per heavy atom. The zero-order chi connectivity index (χ0) is 24.4. The molecule has 9 heteroatoms. The van der Waals surface area contributed by atoms with Crippen molar-refractivity contribution >= 4 is 17.5 Å². The topological polar surface area (TPSA) is 103 Å². The molecule has 1 amide bonds. The Balaban J connectivity index is 1.61. The molecular weight excluding hydrogens is 444 g/mol. The van der Waals surface area contributed by atoms with E-state index in [2.05, 4.69) is 15.6 Å². The van der Waals surface area contributed by atoms with Crippen molar-refractivity contribution < 1.29 is 14.3 Å². The number of nitrogens with zero attached hydrogens (tertiary/aromatic N) is 4. The van der Waals surface area contributed by atoms with Gasteiger partial charge in [0.15, 0.2) is 5.82 Å². The van der Waals surface area contributed by atoms with Crippen LogP contribution in [-0.4, -0.2) is 39.9 Å². The SMILES string of the molecule is COc1ccc([C@H]2C(C(=O)Nc3cccnc3)=C(C)Nc3nc(-c4ccccc4OC)nn32)cc1. The highest BCUT2D eigenvalue weighted by Crippen LogP contribution is 2.38. The standard InChI is InChI=1S/C26H24N6O3/c1-16-22(25(33)29-18-7-6-14-27-15-18)23(17-10-12-19(34-2)13-11-17)32-26(28-16)30-24(31-32)20-8-4-5-9-21(20)35-3/h4-15,23H,1-3H3,(H,29,33)(H,28,30,31)/t23-/m0/s1. The Hall–Kier alpha value is -4.66. The van der Waals surface area contributed by atoms with Crippen molar-refractivity contribution in [2.45, 2.75) is 13.0 Å². The summed E-state index contributed by atoms with van der Waals surface area (Å²) in [6.45, 7) is 1.86. The number of allylic oxidation sites excluding steroid dienone is 1. The van der Waals surface area contributed by atoms with E-state index in [1.54, 1.807) is 43.4 Å². The van der Waals surface area contributed by atoms with E-state index < -0.39 is 6.04 Å². The maximum absolute atomic E-state index is 13.5. The van der Waals surface area contributed by atoms with Gasteiger partial charge in [-0.2, -0.15) is 4.98 Å². The van der Waals surface area contributed by atoms with Gasteiger partial charge in [-0.25, -0.2) is 4.68 Å². The van der Waals surface area contributed by atoms with Gasteiger partial charge in [-0.15, -0.1) is 5.10 Å². The van der Waals surface area contributed by atoms with Crippen LogP contribution in [0.1, 0.15) is 18.5 Å². The molecule has 0 bridgehead atoms. The number of amides is 1. The van der Waals surface area contributed by atoms with E-state index in [0.29, 0.717) is 34.5 Å². The van der Waals surface area contributed by atoms with Crippen molar-refractivity contribution in [3.8, 4) is 22.9 Å².